The van der Waals surface area contributed by atoms with Gasteiger partial charge in [0.25, 0.3) is 11.8 Å². The minimum absolute atomic E-state index is 0.152. The largest absolute Gasteiger partial charge is 0.493 e. The van der Waals surface area contributed by atoms with Gasteiger partial charge < -0.3 is 25.0 Å². The Labute approximate surface area is 211 Å². The van der Waals surface area contributed by atoms with Crippen LogP contribution in [0, 0.1) is 0 Å². The molecule has 2 N–H and O–H groups in total. The van der Waals surface area contributed by atoms with Crippen LogP contribution in [-0.4, -0.2) is 61.7 Å². The summed E-state index contributed by atoms with van der Waals surface area (Å²) in [6.07, 6.45) is -0.424. The molecule has 0 radical (unpaired) electrons. The van der Waals surface area contributed by atoms with Crippen molar-refractivity contribution < 1.29 is 24.2 Å². The molecule has 1 aromatic heterocycles. The van der Waals surface area contributed by atoms with Crippen LogP contribution in [0.3, 0.4) is 0 Å². The van der Waals surface area contributed by atoms with Gasteiger partial charge in [-0.15, -0.1) is 11.3 Å². The Morgan fingerprint density at radius 3 is 2.66 bits per heavy atom. The number of hydrogen-bond acceptors (Lipinski definition) is 5. The number of carboxylic acid groups (broad SMARTS) is 1. The molecule has 2 aromatic carbocycles. The summed E-state index contributed by atoms with van der Waals surface area (Å²) in [6.45, 7) is 0.790. The number of ether oxygens (including phenoxy) is 1. The highest BCUT2D eigenvalue weighted by molar-refractivity contribution is 7.17. The maximum absolute atomic E-state index is 13.2. The summed E-state index contributed by atoms with van der Waals surface area (Å²) in [5, 5.41) is 12.1. The SMILES string of the molecule is CN(CCNC(=O)c1ccc2c(c1)OCCc1cc(C(=O)N(C)c3ccccc3Cl)sc1-2)C(=O)O. The van der Waals surface area contributed by atoms with E-state index >= 15 is 0 Å². The van der Waals surface area contributed by atoms with E-state index in [1.807, 2.05) is 24.3 Å². The average Bonchev–Trinajstić information content (AvgIpc) is 3.19. The fraction of sp³-hybridized carbons (Fsp3) is 0.240. The quantitative estimate of drug-likeness (QED) is 0.501. The third kappa shape index (κ3) is 5.26. The zero-order chi connectivity index (χ0) is 25.1. The van der Waals surface area contributed by atoms with Gasteiger partial charge in [0.2, 0.25) is 0 Å². The molecule has 0 spiro atoms. The smallest absolute Gasteiger partial charge is 0.407 e. The van der Waals surface area contributed by atoms with E-state index in [9.17, 15) is 14.4 Å². The molecule has 0 atom stereocenters. The molecule has 1 aliphatic rings. The Hall–Kier alpha value is -3.56. The summed E-state index contributed by atoms with van der Waals surface area (Å²) in [5.74, 6) is 0.100. The van der Waals surface area contributed by atoms with E-state index in [0.717, 1.165) is 20.9 Å². The third-order valence-corrected chi connectivity index (χ3v) is 7.23. The van der Waals surface area contributed by atoms with Gasteiger partial charge in [0.15, 0.2) is 0 Å². The lowest BCUT2D eigenvalue weighted by molar-refractivity contribution is 0.0945. The molecule has 0 fully saturated rings. The van der Waals surface area contributed by atoms with E-state index in [1.165, 1.54) is 18.4 Å². The Kier molecular flexibility index (Phi) is 7.28. The Bertz CT molecular complexity index is 1290. The fourth-order valence-corrected chi connectivity index (χ4v) is 5.20. The third-order valence-electron chi connectivity index (χ3n) is 5.71. The molecule has 1 aliphatic heterocycles. The molecule has 10 heteroatoms. The predicted octanol–water partition coefficient (Wildman–Crippen LogP) is 4.62. The van der Waals surface area contributed by atoms with Gasteiger partial charge in [-0.25, -0.2) is 4.79 Å². The number of thiophene rings is 1. The summed E-state index contributed by atoms with van der Waals surface area (Å²) in [7, 11) is 3.14. The minimum Gasteiger partial charge on any atom is -0.493 e. The predicted molar refractivity (Wildman–Crippen MR) is 136 cm³/mol. The average molecular weight is 514 g/mol. The van der Waals surface area contributed by atoms with Crippen molar-refractivity contribution in [3.8, 4) is 16.2 Å². The van der Waals surface area contributed by atoms with Crippen molar-refractivity contribution in [2.24, 2.45) is 0 Å². The van der Waals surface area contributed by atoms with Gasteiger partial charge in [0.1, 0.15) is 5.75 Å². The minimum atomic E-state index is -1.06. The molecule has 8 nitrogen and oxygen atoms in total. The molecular weight excluding hydrogens is 490 g/mol. The number of likely N-dealkylation sites (N-methyl/N-ethyl adjacent to an activating group) is 1. The number of amides is 3. The van der Waals surface area contributed by atoms with E-state index in [2.05, 4.69) is 5.32 Å². The second-order valence-corrected chi connectivity index (χ2v) is 9.51. The van der Waals surface area contributed by atoms with Crippen LogP contribution in [0.15, 0.2) is 48.5 Å². The van der Waals surface area contributed by atoms with Crippen LogP contribution in [0.2, 0.25) is 5.02 Å². The molecule has 3 amide bonds. The molecule has 0 aliphatic carbocycles. The van der Waals surface area contributed by atoms with Crippen LogP contribution < -0.4 is 15.0 Å². The Morgan fingerprint density at radius 2 is 1.91 bits per heavy atom. The fourth-order valence-electron chi connectivity index (χ4n) is 3.72. The summed E-state index contributed by atoms with van der Waals surface area (Å²) in [5.41, 5.74) is 2.89. The van der Waals surface area contributed by atoms with E-state index in [0.29, 0.717) is 39.9 Å². The molecule has 0 bridgehead atoms. The zero-order valence-electron chi connectivity index (χ0n) is 19.2. The van der Waals surface area contributed by atoms with Gasteiger partial charge in [0.05, 0.1) is 22.2 Å². The lowest BCUT2D eigenvalue weighted by atomic mass is 10.0. The number of nitrogens with zero attached hydrogens (tertiary/aromatic N) is 2. The maximum Gasteiger partial charge on any atom is 0.407 e. The number of halogens is 1. The van der Waals surface area contributed by atoms with Crippen LogP contribution in [0.5, 0.6) is 5.75 Å². The number of anilines is 1. The molecule has 2 heterocycles. The first-order valence-corrected chi connectivity index (χ1v) is 12.1. The summed E-state index contributed by atoms with van der Waals surface area (Å²) in [6, 6.07) is 14.3. The zero-order valence-corrected chi connectivity index (χ0v) is 20.8. The van der Waals surface area contributed by atoms with Crippen molar-refractivity contribution >= 4 is 46.5 Å². The maximum atomic E-state index is 13.2. The monoisotopic (exact) mass is 513 g/mol. The number of para-hydroxylation sites is 1. The van der Waals surface area contributed by atoms with E-state index in [-0.39, 0.29) is 24.9 Å². The van der Waals surface area contributed by atoms with Gasteiger partial charge in [-0.3, -0.25) is 9.59 Å². The van der Waals surface area contributed by atoms with Crippen LogP contribution in [0.4, 0.5) is 10.5 Å². The van der Waals surface area contributed by atoms with E-state index < -0.39 is 6.09 Å². The van der Waals surface area contributed by atoms with Crippen molar-refractivity contribution in [1.29, 1.82) is 0 Å². The van der Waals surface area contributed by atoms with Gasteiger partial charge >= 0.3 is 6.09 Å². The Balaban J connectivity index is 1.54. The normalized spacial score (nSPS) is 12.0. The van der Waals surface area contributed by atoms with Crippen molar-refractivity contribution in [2.75, 3.05) is 38.7 Å². The van der Waals surface area contributed by atoms with Crippen LogP contribution in [-0.2, 0) is 6.42 Å². The van der Waals surface area contributed by atoms with Crippen LogP contribution in [0.1, 0.15) is 25.6 Å². The number of benzene rings is 2. The lowest BCUT2D eigenvalue weighted by Gasteiger charge is -2.17. The number of carbonyl (C=O) groups excluding carboxylic acids is 2. The number of fused-ring (bicyclic) bond motifs is 3. The molecule has 3 aromatic rings. The van der Waals surface area contributed by atoms with Gasteiger partial charge in [-0.2, -0.15) is 0 Å². The van der Waals surface area contributed by atoms with Crippen molar-refractivity contribution in [2.45, 2.75) is 6.42 Å². The molecular formula is C25H24ClN3O5S. The summed E-state index contributed by atoms with van der Waals surface area (Å²) in [4.78, 5) is 40.8. The molecule has 4 rings (SSSR count). The standard InChI is InChI=1S/C25H24ClN3O5S/c1-28(25(32)33)11-10-27-23(30)16-7-8-17-20(13-16)34-12-9-15-14-21(35-22(15)17)24(31)29(2)19-6-4-3-5-18(19)26/h3-8,13-14H,9-12H2,1-2H3,(H,27,30)(H,32,33). The van der Waals surface area contributed by atoms with Gasteiger partial charge in [0, 0.05) is 49.6 Å². The number of rotatable bonds is 6. The molecule has 0 unspecified atom stereocenters. The molecule has 0 saturated heterocycles. The first-order chi connectivity index (χ1) is 16.8. The topological polar surface area (TPSA) is 99.2 Å². The van der Waals surface area contributed by atoms with Crippen molar-refractivity contribution in [3.05, 3.63) is 69.6 Å². The second kappa shape index (κ2) is 10.4. The lowest BCUT2D eigenvalue weighted by Crippen LogP contribution is -2.35. The number of nitrogens with one attached hydrogen (secondary N) is 1. The number of carbonyl (C=O) groups is 3. The summed E-state index contributed by atoms with van der Waals surface area (Å²) >= 11 is 7.66. The Morgan fingerprint density at radius 1 is 1.14 bits per heavy atom. The molecule has 182 valence electrons. The molecule has 0 saturated carbocycles. The van der Waals surface area contributed by atoms with Crippen molar-refractivity contribution in [3.63, 3.8) is 0 Å². The first-order valence-electron chi connectivity index (χ1n) is 10.9. The van der Waals surface area contributed by atoms with E-state index in [4.69, 9.17) is 21.4 Å². The first kappa shape index (κ1) is 24.6. The van der Waals surface area contributed by atoms with Crippen molar-refractivity contribution in [1.82, 2.24) is 10.2 Å². The van der Waals surface area contributed by atoms with Crippen LogP contribution >= 0.6 is 22.9 Å². The highest BCUT2D eigenvalue weighted by Crippen LogP contribution is 2.41. The van der Waals surface area contributed by atoms with Crippen LogP contribution in [0.25, 0.3) is 10.4 Å². The van der Waals surface area contributed by atoms with E-state index in [1.54, 1.807) is 36.2 Å². The second-order valence-electron chi connectivity index (χ2n) is 8.05. The van der Waals surface area contributed by atoms with Gasteiger partial charge in [-0.1, -0.05) is 23.7 Å². The highest BCUT2D eigenvalue weighted by Gasteiger charge is 2.24. The molecule has 35 heavy (non-hydrogen) atoms. The van der Waals surface area contributed by atoms with Gasteiger partial charge in [-0.05, 0) is 42.0 Å². The highest BCUT2D eigenvalue weighted by atomic mass is 35.5. The number of hydrogen-bond donors (Lipinski definition) is 2. The summed E-state index contributed by atoms with van der Waals surface area (Å²) < 4.78 is 5.92.